The van der Waals surface area contributed by atoms with E-state index in [4.69, 9.17) is 0 Å². The first-order valence-corrected chi connectivity index (χ1v) is 11.1. The molecule has 1 aliphatic heterocycles. The second-order valence-electron chi connectivity index (χ2n) is 7.81. The predicted octanol–water partition coefficient (Wildman–Crippen LogP) is 3.65. The highest BCUT2D eigenvalue weighted by molar-refractivity contribution is 7.09. The fraction of sp³-hybridized carbons (Fsp3) is 0.545. The summed E-state index contributed by atoms with van der Waals surface area (Å²) in [5.41, 5.74) is 5.17. The molecule has 2 aromatic rings. The van der Waals surface area contributed by atoms with Crippen LogP contribution in [-0.4, -0.2) is 42.5 Å². The lowest BCUT2D eigenvalue weighted by atomic mass is 9.97. The number of thiazole rings is 1. The largest absolute Gasteiger partial charge is 0.356 e. The van der Waals surface area contributed by atoms with Crippen molar-refractivity contribution in [1.29, 1.82) is 0 Å². The Bertz CT molecular complexity index is 790. The molecule has 0 amide bonds. The Labute approximate surface area is 173 Å². The van der Waals surface area contributed by atoms with Crippen LogP contribution in [-0.2, 0) is 13.1 Å². The number of hydrogen-bond donors (Lipinski definition) is 2. The molecule has 0 unspecified atom stereocenters. The summed E-state index contributed by atoms with van der Waals surface area (Å²) in [6, 6.07) is 6.60. The Morgan fingerprint density at radius 3 is 2.64 bits per heavy atom. The fourth-order valence-electron chi connectivity index (χ4n) is 3.74. The number of rotatable bonds is 6. The topological polar surface area (TPSA) is 52.6 Å². The molecule has 0 atom stereocenters. The van der Waals surface area contributed by atoms with Gasteiger partial charge in [-0.1, -0.05) is 23.8 Å². The van der Waals surface area contributed by atoms with Crippen LogP contribution in [0.2, 0.25) is 0 Å². The summed E-state index contributed by atoms with van der Waals surface area (Å²) >= 11 is 1.74. The summed E-state index contributed by atoms with van der Waals surface area (Å²) < 4.78 is 0. The fourth-order valence-corrected chi connectivity index (χ4v) is 4.35. The molecule has 1 aromatic heterocycles. The lowest BCUT2D eigenvalue weighted by Crippen LogP contribution is -2.42. The van der Waals surface area contributed by atoms with E-state index in [9.17, 15) is 0 Å². The van der Waals surface area contributed by atoms with E-state index in [-0.39, 0.29) is 0 Å². The monoisotopic (exact) mass is 399 g/mol. The number of hydrogen-bond acceptors (Lipinski definition) is 4. The van der Waals surface area contributed by atoms with E-state index in [1.807, 2.05) is 7.05 Å². The summed E-state index contributed by atoms with van der Waals surface area (Å²) in [7, 11) is 1.84. The molecule has 0 bridgehead atoms. The molecule has 1 aliphatic rings. The van der Waals surface area contributed by atoms with Crippen LogP contribution < -0.4 is 10.6 Å². The minimum atomic E-state index is 0.702. The van der Waals surface area contributed by atoms with Gasteiger partial charge in [-0.05, 0) is 63.7 Å². The van der Waals surface area contributed by atoms with E-state index >= 15 is 0 Å². The summed E-state index contributed by atoms with van der Waals surface area (Å²) in [6.45, 7) is 11.5. The average Bonchev–Trinajstić information content (AvgIpc) is 3.09. The van der Waals surface area contributed by atoms with Crippen molar-refractivity contribution in [3.63, 3.8) is 0 Å². The molecule has 6 heteroatoms. The van der Waals surface area contributed by atoms with Crippen LogP contribution in [0.4, 0.5) is 0 Å². The summed E-state index contributed by atoms with van der Waals surface area (Å²) in [6.07, 6.45) is 2.45. The summed E-state index contributed by atoms with van der Waals surface area (Å²) in [4.78, 5) is 11.5. The van der Waals surface area contributed by atoms with Crippen molar-refractivity contribution in [2.75, 3.05) is 26.7 Å². The van der Waals surface area contributed by atoms with Gasteiger partial charge < -0.3 is 10.6 Å². The maximum atomic E-state index is 4.59. The molecule has 0 spiro atoms. The smallest absolute Gasteiger partial charge is 0.191 e. The third kappa shape index (κ3) is 6.04. The highest BCUT2D eigenvalue weighted by Gasteiger charge is 2.20. The Kier molecular flexibility index (Phi) is 7.45. The van der Waals surface area contributed by atoms with Gasteiger partial charge >= 0.3 is 0 Å². The van der Waals surface area contributed by atoms with Gasteiger partial charge in [0.2, 0.25) is 0 Å². The number of guanidine groups is 1. The van der Waals surface area contributed by atoms with Crippen molar-refractivity contribution in [2.24, 2.45) is 10.9 Å². The molecule has 28 heavy (non-hydrogen) atoms. The Hall–Kier alpha value is -1.92. The lowest BCUT2D eigenvalue weighted by molar-refractivity contribution is 0.176. The zero-order chi connectivity index (χ0) is 19.9. The highest BCUT2D eigenvalue weighted by atomic mass is 32.1. The number of aliphatic imine (C=N–C) groups is 1. The second-order valence-corrected chi connectivity index (χ2v) is 8.88. The first-order valence-electron chi connectivity index (χ1n) is 10.2. The van der Waals surface area contributed by atoms with Crippen LogP contribution in [0.3, 0.4) is 0 Å². The molecule has 0 saturated carbocycles. The number of aromatic nitrogens is 1. The van der Waals surface area contributed by atoms with Gasteiger partial charge in [0, 0.05) is 32.1 Å². The van der Waals surface area contributed by atoms with Crippen LogP contribution in [0.25, 0.3) is 0 Å². The van der Waals surface area contributed by atoms with Crippen LogP contribution >= 0.6 is 11.3 Å². The third-order valence-corrected chi connectivity index (χ3v) is 6.31. The summed E-state index contributed by atoms with van der Waals surface area (Å²) in [5, 5.41) is 10.3. The molecule has 1 fully saturated rings. The molecule has 1 aromatic carbocycles. The number of aryl methyl sites for hydroxylation is 3. The van der Waals surface area contributed by atoms with Gasteiger partial charge in [0.25, 0.3) is 0 Å². The zero-order valence-electron chi connectivity index (χ0n) is 17.6. The first kappa shape index (κ1) is 20.8. The highest BCUT2D eigenvalue weighted by Crippen LogP contribution is 2.19. The molecule has 0 aliphatic carbocycles. The van der Waals surface area contributed by atoms with Gasteiger partial charge in [-0.15, -0.1) is 11.3 Å². The van der Waals surface area contributed by atoms with Crippen molar-refractivity contribution in [1.82, 2.24) is 20.5 Å². The molecule has 0 radical (unpaired) electrons. The quantitative estimate of drug-likeness (QED) is 0.575. The molecule has 2 N–H and O–H groups in total. The number of nitrogens with one attached hydrogen (secondary N) is 2. The minimum Gasteiger partial charge on any atom is -0.356 e. The standard InChI is InChI=1S/C22H33N5S/c1-16-5-6-20(17(2)11-16)13-25-22(23-4)24-12-19-7-9-27(10-8-19)14-21-15-28-18(3)26-21/h5-6,11,15,19H,7-10,12-14H2,1-4H3,(H2,23,24,25). The van der Waals surface area contributed by atoms with E-state index in [0.717, 1.165) is 43.7 Å². The number of likely N-dealkylation sites (tertiary alicyclic amines) is 1. The normalized spacial score (nSPS) is 16.4. The summed E-state index contributed by atoms with van der Waals surface area (Å²) in [5.74, 6) is 1.59. The van der Waals surface area contributed by atoms with Crippen LogP contribution in [0, 0.1) is 26.7 Å². The number of piperidine rings is 1. The van der Waals surface area contributed by atoms with E-state index in [1.165, 1.54) is 35.2 Å². The molecular formula is C22H33N5S. The van der Waals surface area contributed by atoms with Crippen molar-refractivity contribution in [3.05, 3.63) is 51.0 Å². The Morgan fingerprint density at radius 1 is 1.21 bits per heavy atom. The molecular weight excluding hydrogens is 366 g/mol. The Balaban J connectivity index is 1.38. The van der Waals surface area contributed by atoms with Crippen LogP contribution in [0.15, 0.2) is 28.6 Å². The molecule has 5 nitrogen and oxygen atoms in total. The van der Waals surface area contributed by atoms with E-state index < -0.39 is 0 Å². The maximum absolute atomic E-state index is 4.59. The van der Waals surface area contributed by atoms with Gasteiger partial charge in [-0.3, -0.25) is 9.89 Å². The molecule has 1 saturated heterocycles. The average molecular weight is 400 g/mol. The number of benzene rings is 1. The van der Waals surface area contributed by atoms with Crippen molar-refractivity contribution >= 4 is 17.3 Å². The van der Waals surface area contributed by atoms with Crippen molar-refractivity contribution < 1.29 is 0 Å². The third-order valence-electron chi connectivity index (χ3n) is 5.49. The van der Waals surface area contributed by atoms with Gasteiger partial charge in [-0.25, -0.2) is 4.98 Å². The first-order chi connectivity index (χ1) is 13.5. The predicted molar refractivity (Wildman–Crippen MR) is 119 cm³/mol. The van der Waals surface area contributed by atoms with Crippen molar-refractivity contribution in [2.45, 2.75) is 46.7 Å². The Morgan fingerprint density at radius 2 is 2.00 bits per heavy atom. The van der Waals surface area contributed by atoms with Gasteiger partial charge in [0.1, 0.15) is 0 Å². The van der Waals surface area contributed by atoms with E-state index in [1.54, 1.807) is 11.3 Å². The zero-order valence-corrected chi connectivity index (χ0v) is 18.4. The maximum Gasteiger partial charge on any atom is 0.191 e. The van der Waals surface area contributed by atoms with Gasteiger partial charge in [0.05, 0.1) is 10.7 Å². The van der Waals surface area contributed by atoms with Gasteiger partial charge in [-0.2, -0.15) is 0 Å². The van der Waals surface area contributed by atoms with E-state index in [0.29, 0.717) is 5.92 Å². The van der Waals surface area contributed by atoms with E-state index in [2.05, 4.69) is 69.9 Å². The second kappa shape index (κ2) is 10.0. The lowest BCUT2D eigenvalue weighted by Gasteiger charge is -2.31. The van der Waals surface area contributed by atoms with Crippen LogP contribution in [0.5, 0.6) is 0 Å². The molecule has 2 heterocycles. The van der Waals surface area contributed by atoms with Crippen molar-refractivity contribution in [3.8, 4) is 0 Å². The minimum absolute atomic E-state index is 0.702. The van der Waals surface area contributed by atoms with Crippen LogP contribution in [0.1, 0.15) is 40.2 Å². The molecule has 3 rings (SSSR count). The number of nitrogens with zero attached hydrogens (tertiary/aromatic N) is 3. The SMILES string of the molecule is CN=C(NCc1ccc(C)cc1C)NCC1CCN(Cc2csc(C)n2)CC1. The molecule has 152 valence electrons. The van der Waals surface area contributed by atoms with Gasteiger partial charge in [0.15, 0.2) is 5.96 Å².